The van der Waals surface area contributed by atoms with E-state index in [-0.39, 0.29) is 22.3 Å². The largest absolute Gasteiger partial charge is 0.487 e. The Morgan fingerprint density at radius 2 is 1.96 bits per heavy atom. The number of hydrogen-bond donors (Lipinski definition) is 1. The second-order valence-corrected chi connectivity index (χ2v) is 7.81. The summed E-state index contributed by atoms with van der Waals surface area (Å²) in [6.07, 6.45) is -0.392. The highest BCUT2D eigenvalue weighted by atomic mass is 35.5. The summed E-state index contributed by atoms with van der Waals surface area (Å²) in [5.74, 6) is -1.15. The van der Waals surface area contributed by atoms with Crippen LogP contribution in [-0.4, -0.2) is 56.2 Å². The molecular weight excluding hydrogens is 358 g/mol. The number of ether oxygens (including phenoxy) is 2. The lowest BCUT2D eigenvalue weighted by Crippen LogP contribution is -2.40. The van der Waals surface area contributed by atoms with E-state index < -0.39 is 34.7 Å². The van der Waals surface area contributed by atoms with Crippen LogP contribution >= 0.6 is 11.6 Å². The van der Waals surface area contributed by atoms with E-state index in [4.69, 9.17) is 26.2 Å². The standard InChI is InChI=1S/C15H22ClNO6S/c1-10(2)17(8-15(18)19)24(20,21)14-7-12(16)5-6-13(14)23-11(3)9-22-4/h5-7,10-11H,8-9H2,1-4H3,(H,18,19). The van der Waals surface area contributed by atoms with Gasteiger partial charge in [0.15, 0.2) is 0 Å². The van der Waals surface area contributed by atoms with Crippen molar-refractivity contribution in [2.75, 3.05) is 20.3 Å². The van der Waals surface area contributed by atoms with E-state index in [0.717, 1.165) is 4.31 Å². The molecule has 0 saturated carbocycles. The van der Waals surface area contributed by atoms with E-state index in [9.17, 15) is 13.2 Å². The van der Waals surface area contributed by atoms with E-state index in [1.54, 1.807) is 20.8 Å². The number of sulfonamides is 1. The zero-order valence-corrected chi connectivity index (χ0v) is 15.6. The van der Waals surface area contributed by atoms with Crippen LogP contribution in [0.15, 0.2) is 23.1 Å². The zero-order chi connectivity index (χ0) is 18.5. The van der Waals surface area contributed by atoms with Crippen molar-refractivity contribution in [3.8, 4) is 5.75 Å². The van der Waals surface area contributed by atoms with Gasteiger partial charge in [0.25, 0.3) is 0 Å². The molecule has 0 aromatic heterocycles. The summed E-state index contributed by atoms with van der Waals surface area (Å²) in [6.45, 7) is 4.54. The SMILES string of the molecule is COCC(C)Oc1ccc(Cl)cc1S(=O)(=O)N(CC(=O)O)C(C)C. The molecular formula is C15H22ClNO6S. The highest BCUT2D eigenvalue weighted by molar-refractivity contribution is 7.89. The quantitative estimate of drug-likeness (QED) is 0.707. The first kappa shape index (κ1) is 20.7. The molecule has 1 atom stereocenters. The third-order valence-electron chi connectivity index (χ3n) is 3.09. The summed E-state index contributed by atoms with van der Waals surface area (Å²) in [5, 5.41) is 9.21. The predicted octanol–water partition coefficient (Wildman–Crippen LogP) is 2.24. The Kier molecular flexibility index (Phi) is 7.47. The van der Waals surface area contributed by atoms with Gasteiger partial charge in [-0.05, 0) is 39.0 Å². The highest BCUT2D eigenvalue weighted by Gasteiger charge is 2.32. The maximum absolute atomic E-state index is 12.9. The van der Waals surface area contributed by atoms with Crippen LogP contribution in [0, 0.1) is 0 Å². The normalized spacial score (nSPS) is 13.3. The second kappa shape index (κ2) is 8.66. The Labute approximate surface area is 147 Å². The van der Waals surface area contributed by atoms with E-state index in [1.807, 2.05) is 0 Å². The Bertz CT molecular complexity index is 677. The monoisotopic (exact) mass is 379 g/mol. The summed E-state index contributed by atoms with van der Waals surface area (Å²) in [6, 6.07) is 3.66. The van der Waals surface area contributed by atoms with Gasteiger partial charge in [-0.15, -0.1) is 0 Å². The molecule has 1 aromatic rings. The van der Waals surface area contributed by atoms with Gasteiger partial charge >= 0.3 is 5.97 Å². The number of aliphatic carboxylic acids is 1. The lowest BCUT2D eigenvalue weighted by atomic mass is 10.3. The molecule has 0 aliphatic heterocycles. The van der Waals surface area contributed by atoms with Crippen LogP contribution in [0.4, 0.5) is 0 Å². The van der Waals surface area contributed by atoms with Crippen molar-refractivity contribution in [3.63, 3.8) is 0 Å². The molecule has 9 heteroatoms. The fourth-order valence-electron chi connectivity index (χ4n) is 2.07. The maximum Gasteiger partial charge on any atom is 0.318 e. The summed E-state index contributed by atoms with van der Waals surface area (Å²) in [5.41, 5.74) is 0. The lowest BCUT2D eigenvalue weighted by Gasteiger charge is -2.26. The average molecular weight is 380 g/mol. The number of benzene rings is 1. The smallest absolute Gasteiger partial charge is 0.318 e. The molecule has 0 aliphatic carbocycles. The van der Waals surface area contributed by atoms with Crippen LogP contribution in [0.1, 0.15) is 20.8 Å². The van der Waals surface area contributed by atoms with Crippen molar-refractivity contribution in [2.24, 2.45) is 0 Å². The van der Waals surface area contributed by atoms with E-state index in [1.165, 1.54) is 25.3 Å². The van der Waals surface area contributed by atoms with Crippen LogP contribution < -0.4 is 4.74 Å². The molecule has 0 radical (unpaired) electrons. The number of carboxylic acid groups (broad SMARTS) is 1. The van der Waals surface area contributed by atoms with Crippen LogP contribution in [0.5, 0.6) is 5.75 Å². The summed E-state index contributed by atoms with van der Waals surface area (Å²) in [4.78, 5) is 10.9. The van der Waals surface area contributed by atoms with Crippen LogP contribution in [0.2, 0.25) is 5.02 Å². The Balaban J connectivity index is 3.35. The van der Waals surface area contributed by atoms with Crippen molar-refractivity contribution in [1.29, 1.82) is 0 Å². The fraction of sp³-hybridized carbons (Fsp3) is 0.533. The summed E-state index contributed by atoms with van der Waals surface area (Å²) >= 11 is 5.93. The average Bonchev–Trinajstić information content (AvgIpc) is 2.46. The fourth-order valence-corrected chi connectivity index (χ4v) is 4.04. The zero-order valence-electron chi connectivity index (χ0n) is 14.0. The highest BCUT2D eigenvalue weighted by Crippen LogP contribution is 2.31. The molecule has 0 saturated heterocycles. The molecule has 1 N–H and O–H groups in total. The molecule has 1 rings (SSSR count). The Morgan fingerprint density at radius 1 is 1.33 bits per heavy atom. The Morgan fingerprint density at radius 3 is 2.46 bits per heavy atom. The minimum atomic E-state index is -4.11. The first-order valence-corrected chi connectivity index (χ1v) is 9.10. The van der Waals surface area contributed by atoms with Gasteiger partial charge in [0.1, 0.15) is 23.3 Å². The predicted molar refractivity (Wildman–Crippen MR) is 90.1 cm³/mol. The molecule has 136 valence electrons. The van der Waals surface area contributed by atoms with E-state index >= 15 is 0 Å². The molecule has 24 heavy (non-hydrogen) atoms. The number of halogens is 1. The van der Waals surface area contributed by atoms with Crippen LogP contribution in [0.25, 0.3) is 0 Å². The lowest BCUT2D eigenvalue weighted by molar-refractivity contribution is -0.137. The van der Waals surface area contributed by atoms with Gasteiger partial charge in [-0.3, -0.25) is 4.79 Å². The molecule has 0 aliphatic rings. The minimum Gasteiger partial charge on any atom is -0.487 e. The van der Waals surface area contributed by atoms with Crippen molar-refractivity contribution in [1.82, 2.24) is 4.31 Å². The third kappa shape index (κ3) is 5.34. The summed E-state index contributed by atoms with van der Waals surface area (Å²) in [7, 11) is -2.60. The number of carboxylic acids is 1. The van der Waals surface area contributed by atoms with Crippen LogP contribution in [0.3, 0.4) is 0 Å². The second-order valence-electron chi connectivity index (χ2n) is 5.51. The van der Waals surface area contributed by atoms with Gasteiger partial charge in [0.05, 0.1) is 6.61 Å². The number of nitrogens with zero attached hydrogens (tertiary/aromatic N) is 1. The molecule has 1 unspecified atom stereocenters. The van der Waals surface area contributed by atoms with E-state index in [2.05, 4.69) is 0 Å². The van der Waals surface area contributed by atoms with Gasteiger partial charge in [0, 0.05) is 18.2 Å². The topological polar surface area (TPSA) is 93.1 Å². The van der Waals surface area contributed by atoms with Crippen molar-refractivity contribution < 1.29 is 27.8 Å². The molecule has 0 bridgehead atoms. The van der Waals surface area contributed by atoms with Crippen molar-refractivity contribution in [3.05, 3.63) is 23.2 Å². The molecule has 0 amide bonds. The van der Waals surface area contributed by atoms with Crippen molar-refractivity contribution >= 4 is 27.6 Å². The number of carbonyl (C=O) groups is 1. The molecule has 1 aromatic carbocycles. The van der Waals surface area contributed by atoms with Crippen molar-refractivity contribution in [2.45, 2.75) is 37.8 Å². The van der Waals surface area contributed by atoms with Gasteiger partial charge in [-0.25, -0.2) is 8.42 Å². The molecule has 7 nitrogen and oxygen atoms in total. The summed E-state index contributed by atoms with van der Waals surface area (Å²) < 4.78 is 37.3. The van der Waals surface area contributed by atoms with Gasteiger partial charge in [0.2, 0.25) is 10.0 Å². The Hall–Kier alpha value is -1.35. The van der Waals surface area contributed by atoms with Gasteiger partial charge < -0.3 is 14.6 Å². The maximum atomic E-state index is 12.9. The van der Waals surface area contributed by atoms with Gasteiger partial charge in [-0.2, -0.15) is 4.31 Å². The van der Waals surface area contributed by atoms with Crippen LogP contribution in [-0.2, 0) is 19.6 Å². The van der Waals surface area contributed by atoms with Gasteiger partial charge in [-0.1, -0.05) is 11.6 Å². The van der Waals surface area contributed by atoms with E-state index in [0.29, 0.717) is 0 Å². The number of rotatable bonds is 9. The number of methoxy groups -OCH3 is 1. The molecule has 0 heterocycles. The molecule has 0 fully saturated rings. The molecule has 0 spiro atoms. The number of hydrogen-bond acceptors (Lipinski definition) is 5. The minimum absolute atomic E-state index is 0.0972. The third-order valence-corrected chi connectivity index (χ3v) is 5.37. The first-order chi connectivity index (χ1) is 11.1. The first-order valence-electron chi connectivity index (χ1n) is 7.28.